The lowest BCUT2D eigenvalue weighted by molar-refractivity contribution is 0.242. The van der Waals surface area contributed by atoms with Gasteiger partial charge in [-0.05, 0) is 52.0 Å². The highest BCUT2D eigenvalue weighted by atomic mass is 79.9. The lowest BCUT2D eigenvalue weighted by atomic mass is 10.2. The third-order valence-electron chi connectivity index (χ3n) is 2.14. The van der Waals surface area contributed by atoms with Crippen LogP contribution >= 0.6 is 43.2 Å². The smallest absolute Gasteiger partial charge is 0.0843 e. The molecule has 1 aromatic rings. The summed E-state index contributed by atoms with van der Waals surface area (Å²) < 4.78 is 2.11. The maximum atomic E-state index is 9.34. The third kappa shape index (κ3) is 4.43. The van der Waals surface area contributed by atoms with Gasteiger partial charge in [0.25, 0.3) is 0 Å². The molecule has 0 saturated heterocycles. The standard InChI is InChI=1S/C10H16Br2N2OS/c1-14(2)4-3-13-8(6-15)9-5-7(11)10(12)16-9/h5,8,13,15H,3-4,6H2,1-2H3. The van der Waals surface area contributed by atoms with Gasteiger partial charge >= 0.3 is 0 Å². The van der Waals surface area contributed by atoms with Gasteiger partial charge in [-0.25, -0.2) is 0 Å². The molecule has 92 valence electrons. The van der Waals surface area contributed by atoms with Gasteiger partial charge in [0.15, 0.2) is 0 Å². The molecular weight excluding hydrogens is 356 g/mol. The van der Waals surface area contributed by atoms with Gasteiger partial charge in [-0.1, -0.05) is 0 Å². The van der Waals surface area contributed by atoms with Gasteiger partial charge in [0.05, 0.1) is 16.4 Å². The molecule has 0 aromatic carbocycles. The van der Waals surface area contributed by atoms with Crippen molar-refractivity contribution in [2.75, 3.05) is 33.8 Å². The minimum absolute atomic E-state index is 0.0209. The Morgan fingerprint density at radius 3 is 2.62 bits per heavy atom. The van der Waals surface area contributed by atoms with Crippen LogP contribution in [0.25, 0.3) is 0 Å². The molecule has 0 saturated carbocycles. The first-order chi connectivity index (χ1) is 7.54. The topological polar surface area (TPSA) is 35.5 Å². The molecule has 0 spiro atoms. The Bertz CT molecular complexity index is 311. The number of likely N-dealkylation sites (N-methyl/N-ethyl adjacent to an activating group) is 1. The highest BCUT2D eigenvalue weighted by Gasteiger charge is 2.14. The Balaban J connectivity index is 2.53. The van der Waals surface area contributed by atoms with Crippen LogP contribution < -0.4 is 5.32 Å². The van der Waals surface area contributed by atoms with E-state index >= 15 is 0 Å². The van der Waals surface area contributed by atoms with Crippen LogP contribution in [-0.2, 0) is 0 Å². The van der Waals surface area contributed by atoms with Crippen LogP contribution in [0, 0.1) is 0 Å². The number of aliphatic hydroxyl groups is 1. The predicted molar refractivity (Wildman–Crippen MR) is 76.1 cm³/mol. The largest absolute Gasteiger partial charge is 0.394 e. The van der Waals surface area contributed by atoms with Crippen molar-refractivity contribution in [1.29, 1.82) is 0 Å². The SMILES string of the molecule is CN(C)CCNC(CO)c1cc(Br)c(Br)s1. The number of hydrogen-bond donors (Lipinski definition) is 2. The molecule has 1 heterocycles. The van der Waals surface area contributed by atoms with Crippen molar-refractivity contribution in [3.63, 3.8) is 0 Å². The summed E-state index contributed by atoms with van der Waals surface area (Å²) in [7, 11) is 4.07. The molecule has 0 fully saturated rings. The summed E-state index contributed by atoms with van der Waals surface area (Å²) in [6, 6.07) is 2.06. The van der Waals surface area contributed by atoms with E-state index in [4.69, 9.17) is 0 Å². The molecule has 0 aliphatic heterocycles. The number of thiophene rings is 1. The van der Waals surface area contributed by atoms with E-state index in [2.05, 4.69) is 42.1 Å². The summed E-state index contributed by atoms with van der Waals surface area (Å²) in [5.41, 5.74) is 0. The van der Waals surface area contributed by atoms with Crippen LogP contribution in [0.5, 0.6) is 0 Å². The van der Waals surface area contributed by atoms with E-state index in [0.717, 1.165) is 26.2 Å². The van der Waals surface area contributed by atoms with Crippen molar-refractivity contribution in [3.8, 4) is 0 Å². The fraction of sp³-hybridized carbons (Fsp3) is 0.600. The molecule has 0 aliphatic rings. The van der Waals surface area contributed by atoms with Crippen LogP contribution in [0.4, 0.5) is 0 Å². The maximum absolute atomic E-state index is 9.34. The lowest BCUT2D eigenvalue weighted by Crippen LogP contribution is -2.31. The lowest BCUT2D eigenvalue weighted by Gasteiger charge is -2.16. The van der Waals surface area contributed by atoms with E-state index in [9.17, 15) is 5.11 Å². The summed E-state index contributed by atoms with van der Waals surface area (Å²) in [5.74, 6) is 0. The monoisotopic (exact) mass is 370 g/mol. The Morgan fingerprint density at radius 1 is 1.50 bits per heavy atom. The van der Waals surface area contributed by atoms with Crippen LogP contribution in [0.3, 0.4) is 0 Å². The molecule has 1 atom stereocenters. The van der Waals surface area contributed by atoms with Crippen LogP contribution in [0.2, 0.25) is 0 Å². The zero-order valence-corrected chi connectivity index (χ0v) is 13.3. The average Bonchev–Trinajstić information content (AvgIpc) is 2.53. The summed E-state index contributed by atoms with van der Waals surface area (Å²) in [6.45, 7) is 1.95. The molecule has 1 unspecified atom stereocenters. The fourth-order valence-electron chi connectivity index (χ4n) is 1.25. The summed E-state index contributed by atoms with van der Waals surface area (Å²) in [4.78, 5) is 3.25. The maximum Gasteiger partial charge on any atom is 0.0843 e. The molecule has 3 nitrogen and oxygen atoms in total. The highest BCUT2D eigenvalue weighted by Crippen LogP contribution is 2.35. The van der Waals surface area contributed by atoms with E-state index in [1.54, 1.807) is 11.3 Å². The van der Waals surface area contributed by atoms with Gasteiger partial charge < -0.3 is 15.3 Å². The molecule has 0 bridgehead atoms. The summed E-state index contributed by atoms with van der Waals surface area (Å²) in [6.07, 6.45) is 0. The first kappa shape index (κ1) is 14.6. The normalized spacial score (nSPS) is 13.4. The predicted octanol–water partition coefficient (Wildman–Crippen LogP) is 2.46. The first-order valence-corrected chi connectivity index (χ1v) is 7.38. The number of nitrogens with zero attached hydrogens (tertiary/aromatic N) is 1. The first-order valence-electron chi connectivity index (χ1n) is 4.98. The Labute approximate surface area is 117 Å². The van der Waals surface area contributed by atoms with E-state index in [0.29, 0.717) is 0 Å². The number of rotatable bonds is 6. The van der Waals surface area contributed by atoms with Crippen molar-refractivity contribution < 1.29 is 5.11 Å². The zero-order chi connectivity index (χ0) is 12.1. The van der Waals surface area contributed by atoms with E-state index < -0.39 is 0 Å². The van der Waals surface area contributed by atoms with Gasteiger partial charge in [-0.15, -0.1) is 11.3 Å². The van der Waals surface area contributed by atoms with Gasteiger partial charge in [0.2, 0.25) is 0 Å². The Hall–Kier alpha value is 0.540. The van der Waals surface area contributed by atoms with Crippen LogP contribution in [-0.4, -0.2) is 43.8 Å². The molecule has 0 radical (unpaired) electrons. The van der Waals surface area contributed by atoms with Crippen LogP contribution in [0.1, 0.15) is 10.9 Å². The number of aliphatic hydroxyl groups excluding tert-OH is 1. The zero-order valence-electron chi connectivity index (χ0n) is 9.33. The second-order valence-electron chi connectivity index (χ2n) is 3.76. The van der Waals surface area contributed by atoms with Gasteiger partial charge in [-0.2, -0.15) is 0 Å². The Morgan fingerprint density at radius 2 is 2.19 bits per heavy atom. The van der Waals surface area contributed by atoms with Crippen LogP contribution in [0.15, 0.2) is 14.3 Å². The van der Waals surface area contributed by atoms with E-state index in [-0.39, 0.29) is 12.6 Å². The summed E-state index contributed by atoms with van der Waals surface area (Å²) in [5, 5.41) is 12.7. The third-order valence-corrected chi connectivity index (χ3v) is 5.51. The molecular formula is C10H16Br2N2OS. The van der Waals surface area contributed by atoms with Crippen molar-refractivity contribution in [3.05, 3.63) is 19.2 Å². The molecule has 1 aromatic heterocycles. The van der Waals surface area contributed by atoms with Gasteiger partial charge in [-0.3, -0.25) is 0 Å². The average molecular weight is 372 g/mol. The van der Waals surface area contributed by atoms with Crippen molar-refractivity contribution in [2.45, 2.75) is 6.04 Å². The fourth-order valence-corrected chi connectivity index (χ4v) is 3.41. The van der Waals surface area contributed by atoms with E-state index in [1.165, 1.54) is 0 Å². The number of nitrogens with one attached hydrogen (secondary N) is 1. The molecule has 2 N–H and O–H groups in total. The van der Waals surface area contributed by atoms with Crippen molar-refractivity contribution in [2.24, 2.45) is 0 Å². The molecule has 0 aliphatic carbocycles. The number of halogens is 2. The molecule has 6 heteroatoms. The molecule has 0 amide bonds. The highest BCUT2D eigenvalue weighted by molar-refractivity contribution is 9.13. The second kappa shape index (κ2) is 7.08. The van der Waals surface area contributed by atoms with Gasteiger partial charge in [0.1, 0.15) is 0 Å². The van der Waals surface area contributed by atoms with Crippen molar-refractivity contribution in [1.82, 2.24) is 10.2 Å². The Kier molecular flexibility index (Phi) is 6.46. The molecule has 16 heavy (non-hydrogen) atoms. The second-order valence-corrected chi connectivity index (χ2v) is 7.02. The number of hydrogen-bond acceptors (Lipinski definition) is 4. The minimum atomic E-state index is 0.0209. The van der Waals surface area contributed by atoms with E-state index in [1.807, 2.05) is 20.2 Å². The molecule has 1 rings (SSSR count). The van der Waals surface area contributed by atoms with Gasteiger partial charge in [0, 0.05) is 22.4 Å². The summed E-state index contributed by atoms with van der Waals surface area (Å²) >= 11 is 8.55. The van der Waals surface area contributed by atoms with Crippen molar-refractivity contribution >= 4 is 43.2 Å². The minimum Gasteiger partial charge on any atom is -0.394 e. The quantitative estimate of drug-likeness (QED) is 0.806.